The Balaban J connectivity index is 1.85. The molecular weight excluding hydrogens is 294 g/mol. The van der Waals surface area contributed by atoms with E-state index in [0.717, 1.165) is 24.1 Å². The predicted octanol–water partition coefficient (Wildman–Crippen LogP) is 0.992. The van der Waals surface area contributed by atoms with E-state index in [2.05, 4.69) is 18.0 Å². The van der Waals surface area contributed by atoms with Crippen molar-refractivity contribution in [2.45, 2.75) is 36.2 Å². The second-order valence-corrected chi connectivity index (χ2v) is 7.21. The molecule has 1 saturated heterocycles. The molecular formula is C18H21NO4. The normalized spacial score (nSPS) is 43.0. The number of likely N-dealkylation sites (tertiary alicyclic amines) is 1. The summed E-state index contributed by atoms with van der Waals surface area (Å²) < 4.78 is 11.7. The van der Waals surface area contributed by atoms with Crippen molar-refractivity contribution in [2.75, 3.05) is 20.7 Å². The van der Waals surface area contributed by atoms with E-state index in [1.54, 1.807) is 7.11 Å². The fourth-order valence-electron chi connectivity index (χ4n) is 5.45. The first-order chi connectivity index (χ1) is 11.1. The molecule has 0 unspecified atom stereocenters. The van der Waals surface area contributed by atoms with Crippen LogP contribution in [0, 0.1) is 5.92 Å². The molecule has 0 aromatic heterocycles. The van der Waals surface area contributed by atoms with Gasteiger partial charge < -0.3 is 19.7 Å². The Kier molecular flexibility index (Phi) is 2.58. The molecule has 1 spiro atoms. The van der Waals surface area contributed by atoms with E-state index in [0.29, 0.717) is 11.5 Å². The van der Waals surface area contributed by atoms with E-state index in [9.17, 15) is 10.2 Å². The van der Waals surface area contributed by atoms with Gasteiger partial charge in [0.1, 0.15) is 12.2 Å². The van der Waals surface area contributed by atoms with Gasteiger partial charge in [-0.05, 0) is 31.6 Å². The van der Waals surface area contributed by atoms with Gasteiger partial charge in [0.2, 0.25) is 0 Å². The van der Waals surface area contributed by atoms with Gasteiger partial charge in [-0.3, -0.25) is 4.90 Å². The van der Waals surface area contributed by atoms with Crippen LogP contribution in [0.1, 0.15) is 23.7 Å². The standard InChI is InChI=1S/C18H21NO4/c1-19-8-7-18-10-4-5-11(20)17(18)23-16-12(22-2)6-3-9(13(16)18)15(21)14(10)19/h3-6,10-11,14-15,17,20-21H,7-8H2,1-2H3/t10-,11-,14-,15-,17-,18-/m0/s1. The van der Waals surface area contributed by atoms with Crippen LogP contribution in [0.25, 0.3) is 0 Å². The van der Waals surface area contributed by atoms with Crippen LogP contribution in [0.3, 0.4) is 0 Å². The summed E-state index contributed by atoms with van der Waals surface area (Å²) in [5.74, 6) is 1.54. The van der Waals surface area contributed by atoms with Crippen LogP contribution in [0.5, 0.6) is 11.5 Å². The third kappa shape index (κ3) is 1.40. The topological polar surface area (TPSA) is 62.2 Å². The van der Waals surface area contributed by atoms with E-state index >= 15 is 0 Å². The molecule has 1 fully saturated rings. The summed E-state index contributed by atoms with van der Waals surface area (Å²) in [5.41, 5.74) is 1.73. The van der Waals surface area contributed by atoms with Crippen LogP contribution in [-0.4, -0.2) is 54.1 Å². The van der Waals surface area contributed by atoms with Crippen LogP contribution in [-0.2, 0) is 5.41 Å². The number of piperidine rings is 1. The quantitative estimate of drug-likeness (QED) is 0.757. The van der Waals surface area contributed by atoms with Crippen LogP contribution < -0.4 is 9.47 Å². The van der Waals surface area contributed by atoms with Gasteiger partial charge in [0.25, 0.3) is 0 Å². The highest BCUT2D eigenvalue weighted by molar-refractivity contribution is 5.62. The molecule has 5 nitrogen and oxygen atoms in total. The zero-order valence-corrected chi connectivity index (χ0v) is 13.3. The third-order valence-electron chi connectivity index (χ3n) is 6.41. The molecule has 4 aliphatic rings. The zero-order valence-electron chi connectivity index (χ0n) is 13.3. The van der Waals surface area contributed by atoms with Crippen molar-refractivity contribution in [1.29, 1.82) is 0 Å². The zero-order chi connectivity index (χ0) is 15.9. The number of likely N-dealkylation sites (N-methyl/N-ethyl adjacent to an activating group) is 1. The Hall–Kier alpha value is -1.56. The highest BCUT2D eigenvalue weighted by atomic mass is 16.5. The van der Waals surface area contributed by atoms with Crippen molar-refractivity contribution >= 4 is 0 Å². The summed E-state index contributed by atoms with van der Waals surface area (Å²) >= 11 is 0. The third-order valence-corrected chi connectivity index (χ3v) is 6.41. The summed E-state index contributed by atoms with van der Waals surface area (Å²) in [6.07, 6.45) is 3.35. The summed E-state index contributed by atoms with van der Waals surface area (Å²) in [7, 11) is 3.70. The second-order valence-electron chi connectivity index (χ2n) is 7.21. The molecule has 5 heteroatoms. The van der Waals surface area contributed by atoms with Crippen molar-refractivity contribution in [3.63, 3.8) is 0 Å². The Morgan fingerprint density at radius 1 is 1.30 bits per heavy atom. The minimum atomic E-state index is -0.629. The minimum absolute atomic E-state index is 0.0189. The largest absolute Gasteiger partial charge is 0.493 e. The van der Waals surface area contributed by atoms with E-state index in [-0.39, 0.29) is 23.5 Å². The SMILES string of the molecule is COc1ccc2c3c1O[C@H]1[C@@H](O)C=C[C@H]4[C@@H]([C@H]2O)N(C)CC[C@@]341. The lowest BCUT2D eigenvalue weighted by atomic mass is 9.52. The van der Waals surface area contributed by atoms with Crippen LogP contribution in [0.4, 0.5) is 0 Å². The van der Waals surface area contributed by atoms with Crippen molar-refractivity contribution in [3.8, 4) is 11.5 Å². The highest BCUT2D eigenvalue weighted by Gasteiger charge is 2.66. The summed E-state index contributed by atoms with van der Waals surface area (Å²) in [4.78, 5) is 2.24. The van der Waals surface area contributed by atoms with Crippen LogP contribution >= 0.6 is 0 Å². The van der Waals surface area contributed by atoms with Gasteiger partial charge in [0.05, 0.1) is 13.2 Å². The molecule has 0 amide bonds. The molecule has 0 radical (unpaired) electrons. The van der Waals surface area contributed by atoms with Crippen LogP contribution in [0.15, 0.2) is 24.3 Å². The van der Waals surface area contributed by atoms with Gasteiger partial charge >= 0.3 is 0 Å². The average Bonchev–Trinajstić information content (AvgIpc) is 2.90. The molecule has 6 atom stereocenters. The second kappa shape index (κ2) is 4.29. The van der Waals surface area contributed by atoms with Gasteiger partial charge in [0, 0.05) is 22.9 Å². The average molecular weight is 315 g/mol. The number of ether oxygens (including phenoxy) is 2. The Morgan fingerprint density at radius 2 is 2.13 bits per heavy atom. The number of nitrogens with zero attached hydrogens (tertiary/aromatic N) is 1. The molecule has 23 heavy (non-hydrogen) atoms. The maximum absolute atomic E-state index is 11.0. The first-order valence-corrected chi connectivity index (χ1v) is 8.22. The van der Waals surface area contributed by atoms with E-state index in [1.165, 1.54) is 0 Å². The summed E-state index contributed by atoms with van der Waals surface area (Å²) in [6.45, 7) is 0.884. The Bertz CT molecular complexity index is 717. The van der Waals surface area contributed by atoms with Gasteiger partial charge in [-0.15, -0.1) is 0 Å². The molecule has 2 aliphatic heterocycles. The smallest absolute Gasteiger partial charge is 0.166 e. The molecule has 122 valence electrons. The maximum atomic E-state index is 11.0. The van der Waals surface area contributed by atoms with Crippen molar-refractivity contribution in [2.24, 2.45) is 5.92 Å². The number of hydrogen-bond donors (Lipinski definition) is 2. The first kappa shape index (κ1) is 13.8. The minimum Gasteiger partial charge on any atom is -0.493 e. The lowest BCUT2D eigenvalue weighted by molar-refractivity contribution is -0.0823. The van der Waals surface area contributed by atoms with E-state index in [1.807, 2.05) is 18.2 Å². The van der Waals surface area contributed by atoms with Gasteiger partial charge in [-0.2, -0.15) is 0 Å². The maximum Gasteiger partial charge on any atom is 0.166 e. The Morgan fingerprint density at radius 3 is 2.91 bits per heavy atom. The van der Waals surface area contributed by atoms with Crippen molar-refractivity contribution in [3.05, 3.63) is 35.4 Å². The molecule has 2 bridgehead atoms. The number of rotatable bonds is 1. The van der Waals surface area contributed by atoms with Gasteiger partial charge in [-0.25, -0.2) is 0 Å². The predicted molar refractivity (Wildman–Crippen MR) is 83.7 cm³/mol. The number of aliphatic hydroxyl groups is 2. The van der Waals surface area contributed by atoms with Crippen molar-refractivity contribution < 1.29 is 19.7 Å². The number of aliphatic hydroxyl groups excluding tert-OH is 2. The summed E-state index contributed by atoms with van der Waals surface area (Å²) in [5, 5.41) is 21.6. The Labute approximate surface area is 135 Å². The number of benzene rings is 1. The highest BCUT2D eigenvalue weighted by Crippen LogP contribution is 2.64. The van der Waals surface area contributed by atoms with Gasteiger partial charge in [0.15, 0.2) is 11.5 Å². The molecule has 1 aromatic carbocycles. The fraction of sp³-hybridized carbons (Fsp3) is 0.556. The van der Waals surface area contributed by atoms with Crippen molar-refractivity contribution in [1.82, 2.24) is 4.90 Å². The number of methoxy groups -OCH3 is 1. The molecule has 0 saturated carbocycles. The molecule has 2 N–H and O–H groups in total. The van der Waals surface area contributed by atoms with E-state index in [4.69, 9.17) is 9.47 Å². The number of hydrogen-bond acceptors (Lipinski definition) is 5. The monoisotopic (exact) mass is 315 g/mol. The molecule has 2 heterocycles. The van der Waals surface area contributed by atoms with E-state index < -0.39 is 12.2 Å². The summed E-state index contributed by atoms with van der Waals surface area (Å²) in [6, 6.07) is 3.84. The fourth-order valence-corrected chi connectivity index (χ4v) is 5.45. The lowest BCUT2D eigenvalue weighted by Gasteiger charge is -2.57. The first-order valence-electron chi connectivity index (χ1n) is 8.22. The van der Waals surface area contributed by atoms with Crippen LogP contribution in [0.2, 0.25) is 0 Å². The molecule has 1 aromatic rings. The lowest BCUT2D eigenvalue weighted by Crippen LogP contribution is -2.65. The molecule has 5 rings (SSSR count). The van der Waals surface area contributed by atoms with Gasteiger partial charge in [-0.1, -0.05) is 18.2 Å². The molecule has 2 aliphatic carbocycles.